The van der Waals surface area contributed by atoms with Crippen molar-refractivity contribution in [3.63, 3.8) is 0 Å². The summed E-state index contributed by atoms with van der Waals surface area (Å²) in [5, 5.41) is 8.31. The minimum absolute atomic E-state index is 0.337. The van der Waals surface area contributed by atoms with Crippen LogP contribution in [0.4, 0.5) is 5.69 Å². The maximum absolute atomic E-state index is 11.8. The molecule has 124 valence electrons. The fourth-order valence-electron chi connectivity index (χ4n) is 2.25. The maximum atomic E-state index is 11.8. The quantitative estimate of drug-likeness (QED) is 0.506. The van der Waals surface area contributed by atoms with E-state index in [1.807, 2.05) is 0 Å². The molecule has 2 rings (SSSR count). The molecule has 1 aromatic carbocycles. The lowest BCUT2D eigenvalue weighted by atomic mass is 10.2. The molecular weight excluding hydrogens is 298 g/mol. The van der Waals surface area contributed by atoms with Gasteiger partial charge in [-0.1, -0.05) is 0 Å². The first-order chi connectivity index (χ1) is 11.1. The summed E-state index contributed by atoms with van der Waals surface area (Å²) < 4.78 is 0. The molecule has 1 aromatic rings. The summed E-state index contributed by atoms with van der Waals surface area (Å²) in [5.41, 5.74) is 5.90. The van der Waals surface area contributed by atoms with Gasteiger partial charge in [0.1, 0.15) is 0 Å². The van der Waals surface area contributed by atoms with Gasteiger partial charge in [-0.25, -0.2) is 0 Å². The van der Waals surface area contributed by atoms with Crippen LogP contribution >= 0.6 is 0 Å². The number of nitrogens with zero attached hydrogens (tertiary/aromatic N) is 1. The summed E-state index contributed by atoms with van der Waals surface area (Å²) in [7, 11) is 0. The number of hydrogen-bond donors (Lipinski definition) is 4. The Bertz CT molecular complexity index is 567. The number of nitrogens with two attached hydrogens (primary N) is 1. The molecule has 1 saturated heterocycles. The molecule has 0 unspecified atom stereocenters. The molecule has 0 atom stereocenters. The van der Waals surface area contributed by atoms with Crippen molar-refractivity contribution in [1.29, 1.82) is 0 Å². The molecule has 1 heterocycles. The van der Waals surface area contributed by atoms with Crippen LogP contribution < -0.4 is 21.7 Å². The summed E-state index contributed by atoms with van der Waals surface area (Å²) in [6.07, 6.45) is 0. The lowest BCUT2D eigenvalue weighted by Gasteiger charge is -2.26. The molecule has 8 heteroatoms. The van der Waals surface area contributed by atoms with Crippen LogP contribution in [-0.2, 0) is 9.59 Å². The van der Waals surface area contributed by atoms with E-state index in [0.717, 1.165) is 26.2 Å². The maximum Gasteiger partial charge on any atom is 0.313 e. The molecule has 0 radical (unpaired) electrons. The van der Waals surface area contributed by atoms with Crippen molar-refractivity contribution in [3.05, 3.63) is 29.8 Å². The number of nitrogens with one attached hydrogen (secondary N) is 3. The lowest BCUT2D eigenvalue weighted by molar-refractivity contribution is -0.136. The van der Waals surface area contributed by atoms with Gasteiger partial charge < -0.3 is 21.7 Å². The van der Waals surface area contributed by atoms with Crippen molar-refractivity contribution in [2.24, 2.45) is 5.73 Å². The Morgan fingerprint density at radius 2 is 1.74 bits per heavy atom. The number of piperazine rings is 1. The van der Waals surface area contributed by atoms with E-state index in [9.17, 15) is 14.4 Å². The summed E-state index contributed by atoms with van der Waals surface area (Å²) in [4.78, 5) is 36.7. The molecule has 1 aliphatic rings. The third kappa shape index (κ3) is 5.35. The molecule has 0 spiro atoms. The smallest absolute Gasteiger partial charge is 0.313 e. The number of rotatable bonds is 5. The van der Waals surface area contributed by atoms with Crippen molar-refractivity contribution in [3.8, 4) is 0 Å². The second-order valence-corrected chi connectivity index (χ2v) is 5.24. The van der Waals surface area contributed by atoms with E-state index in [0.29, 0.717) is 24.3 Å². The Morgan fingerprint density at radius 3 is 2.35 bits per heavy atom. The fraction of sp³-hybridized carbons (Fsp3) is 0.400. The number of benzene rings is 1. The molecule has 8 nitrogen and oxygen atoms in total. The molecule has 3 amide bonds. The number of carbonyl (C=O) groups excluding carboxylic acids is 3. The van der Waals surface area contributed by atoms with E-state index >= 15 is 0 Å². The lowest BCUT2D eigenvalue weighted by Crippen LogP contribution is -2.47. The van der Waals surface area contributed by atoms with Gasteiger partial charge in [-0.2, -0.15) is 0 Å². The molecular formula is C15H21N5O3. The highest BCUT2D eigenvalue weighted by Crippen LogP contribution is 2.08. The van der Waals surface area contributed by atoms with Gasteiger partial charge in [-0.3, -0.25) is 19.3 Å². The van der Waals surface area contributed by atoms with Gasteiger partial charge in [-0.05, 0) is 24.3 Å². The fourth-order valence-corrected chi connectivity index (χ4v) is 2.25. The third-order valence-electron chi connectivity index (χ3n) is 3.56. The van der Waals surface area contributed by atoms with Gasteiger partial charge in [-0.15, -0.1) is 0 Å². The van der Waals surface area contributed by atoms with E-state index in [1.165, 1.54) is 24.3 Å². The second kappa shape index (κ2) is 8.25. The topological polar surface area (TPSA) is 117 Å². The van der Waals surface area contributed by atoms with Crippen LogP contribution in [-0.4, -0.2) is 61.9 Å². The Balaban J connectivity index is 1.73. The predicted molar refractivity (Wildman–Crippen MR) is 85.9 cm³/mol. The van der Waals surface area contributed by atoms with Crippen molar-refractivity contribution >= 4 is 23.4 Å². The zero-order chi connectivity index (χ0) is 16.7. The minimum Gasteiger partial charge on any atom is -0.366 e. The Kier molecular flexibility index (Phi) is 6.07. The summed E-state index contributed by atoms with van der Waals surface area (Å²) in [6, 6.07) is 6.01. The molecule has 1 aliphatic heterocycles. The minimum atomic E-state index is -0.739. The molecule has 0 saturated carbocycles. The van der Waals surface area contributed by atoms with Gasteiger partial charge in [0.25, 0.3) is 0 Å². The Labute approximate surface area is 134 Å². The summed E-state index contributed by atoms with van der Waals surface area (Å²) >= 11 is 0. The van der Waals surface area contributed by atoms with Crippen LogP contribution in [0.2, 0.25) is 0 Å². The average Bonchev–Trinajstić information content (AvgIpc) is 2.56. The monoisotopic (exact) mass is 319 g/mol. The molecule has 23 heavy (non-hydrogen) atoms. The zero-order valence-electron chi connectivity index (χ0n) is 12.8. The van der Waals surface area contributed by atoms with Gasteiger partial charge >= 0.3 is 11.8 Å². The number of anilines is 1. The largest absolute Gasteiger partial charge is 0.366 e. The molecule has 0 bridgehead atoms. The van der Waals surface area contributed by atoms with Gasteiger partial charge in [0.05, 0.1) is 0 Å². The van der Waals surface area contributed by atoms with Gasteiger partial charge in [0.15, 0.2) is 0 Å². The van der Waals surface area contributed by atoms with E-state index in [1.54, 1.807) is 0 Å². The predicted octanol–water partition coefficient (Wildman–Crippen LogP) is -1.25. The number of carbonyl (C=O) groups is 3. The highest BCUT2D eigenvalue weighted by Gasteiger charge is 2.14. The Hall–Kier alpha value is -2.45. The van der Waals surface area contributed by atoms with E-state index in [-0.39, 0.29) is 0 Å². The van der Waals surface area contributed by atoms with Gasteiger partial charge in [0, 0.05) is 50.5 Å². The van der Waals surface area contributed by atoms with Crippen LogP contribution in [0.5, 0.6) is 0 Å². The number of primary amides is 1. The summed E-state index contributed by atoms with van der Waals surface area (Å²) in [6.45, 7) is 4.90. The van der Waals surface area contributed by atoms with Crippen LogP contribution in [0.1, 0.15) is 10.4 Å². The molecule has 1 fully saturated rings. The van der Waals surface area contributed by atoms with Crippen molar-refractivity contribution in [2.45, 2.75) is 0 Å². The van der Waals surface area contributed by atoms with E-state index in [2.05, 4.69) is 20.9 Å². The standard InChI is InChI=1S/C15H21N5O3/c16-13(21)11-1-3-12(4-2-11)19-15(23)14(22)18-7-10-20-8-5-17-6-9-20/h1-4,17H,5-10H2,(H2,16,21)(H,18,22)(H,19,23). The van der Waals surface area contributed by atoms with Gasteiger partial charge in [0.2, 0.25) is 5.91 Å². The Morgan fingerprint density at radius 1 is 1.09 bits per heavy atom. The highest BCUT2D eigenvalue weighted by atomic mass is 16.2. The van der Waals surface area contributed by atoms with Crippen LogP contribution in [0, 0.1) is 0 Å². The SMILES string of the molecule is NC(=O)c1ccc(NC(=O)C(=O)NCCN2CCNCC2)cc1. The first-order valence-electron chi connectivity index (χ1n) is 7.48. The summed E-state index contributed by atoms with van der Waals surface area (Å²) in [5.74, 6) is -1.97. The van der Waals surface area contributed by atoms with Crippen LogP contribution in [0.25, 0.3) is 0 Å². The van der Waals surface area contributed by atoms with Crippen molar-refractivity contribution in [2.75, 3.05) is 44.6 Å². The molecule has 0 aliphatic carbocycles. The second-order valence-electron chi connectivity index (χ2n) is 5.24. The zero-order valence-corrected chi connectivity index (χ0v) is 12.8. The average molecular weight is 319 g/mol. The first-order valence-corrected chi connectivity index (χ1v) is 7.48. The number of hydrogen-bond acceptors (Lipinski definition) is 5. The van der Waals surface area contributed by atoms with E-state index < -0.39 is 17.7 Å². The molecule has 0 aromatic heterocycles. The normalized spacial score (nSPS) is 15.0. The number of amides is 3. The molecule has 5 N–H and O–H groups in total. The van der Waals surface area contributed by atoms with Crippen LogP contribution in [0.3, 0.4) is 0 Å². The van der Waals surface area contributed by atoms with Crippen LogP contribution in [0.15, 0.2) is 24.3 Å². The third-order valence-corrected chi connectivity index (χ3v) is 3.56. The van der Waals surface area contributed by atoms with Crippen molar-refractivity contribution in [1.82, 2.24) is 15.5 Å². The van der Waals surface area contributed by atoms with E-state index in [4.69, 9.17) is 5.73 Å². The highest BCUT2D eigenvalue weighted by molar-refractivity contribution is 6.39. The van der Waals surface area contributed by atoms with Crippen molar-refractivity contribution < 1.29 is 14.4 Å². The first kappa shape index (κ1) is 16.9.